The van der Waals surface area contributed by atoms with Crippen molar-refractivity contribution in [1.82, 2.24) is 0 Å². The van der Waals surface area contributed by atoms with Gasteiger partial charge in [-0.05, 0) is 48.4 Å². The predicted octanol–water partition coefficient (Wildman–Crippen LogP) is 5.39. The van der Waals surface area contributed by atoms with Gasteiger partial charge in [0, 0.05) is 17.0 Å². The Bertz CT molecular complexity index is 1060. The molecule has 0 aliphatic heterocycles. The lowest BCUT2D eigenvalue weighted by Gasteiger charge is -2.08. The Balaban J connectivity index is 1.83. The summed E-state index contributed by atoms with van der Waals surface area (Å²) in [5.41, 5.74) is 2.31. The molecular weight excluding hydrogens is 405 g/mol. The molecule has 1 amide bonds. The normalized spacial score (nSPS) is 10.8. The van der Waals surface area contributed by atoms with Crippen LogP contribution in [0.4, 0.5) is 9.39 Å². The molecule has 1 N–H and O–H groups in total. The van der Waals surface area contributed by atoms with Crippen molar-refractivity contribution < 1.29 is 23.5 Å². The number of carbonyl (C=O) groups is 2. The molecule has 0 saturated heterocycles. The maximum Gasteiger partial charge on any atom is 0.341 e. The number of ether oxygens (including phenoxy) is 2. The number of amides is 1. The van der Waals surface area contributed by atoms with Crippen LogP contribution < -0.4 is 10.1 Å². The van der Waals surface area contributed by atoms with Gasteiger partial charge in [0.1, 0.15) is 22.1 Å². The third kappa shape index (κ3) is 5.12. The summed E-state index contributed by atoms with van der Waals surface area (Å²) in [5, 5.41) is 4.85. The van der Waals surface area contributed by atoms with E-state index in [1.54, 1.807) is 49.8 Å². The topological polar surface area (TPSA) is 64.6 Å². The molecule has 30 heavy (non-hydrogen) atoms. The molecule has 0 fully saturated rings. The highest BCUT2D eigenvalue weighted by Crippen LogP contribution is 2.36. The molecule has 3 rings (SSSR count). The predicted molar refractivity (Wildman–Crippen MR) is 116 cm³/mol. The number of carbonyl (C=O) groups excluding carboxylic acids is 2. The van der Waals surface area contributed by atoms with Crippen molar-refractivity contribution in [2.45, 2.75) is 6.92 Å². The Kier molecular flexibility index (Phi) is 6.98. The number of thiophene rings is 1. The third-order valence-corrected chi connectivity index (χ3v) is 5.10. The molecule has 0 unspecified atom stereocenters. The van der Waals surface area contributed by atoms with Gasteiger partial charge in [-0.3, -0.25) is 4.79 Å². The van der Waals surface area contributed by atoms with Crippen molar-refractivity contribution in [2.24, 2.45) is 0 Å². The number of hydrogen-bond donors (Lipinski definition) is 1. The van der Waals surface area contributed by atoms with Gasteiger partial charge in [-0.2, -0.15) is 0 Å². The number of hydrogen-bond acceptors (Lipinski definition) is 5. The van der Waals surface area contributed by atoms with Crippen molar-refractivity contribution in [3.8, 4) is 16.9 Å². The highest BCUT2D eigenvalue weighted by atomic mass is 32.1. The molecule has 1 heterocycles. The second kappa shape index (κ2) is 9.84. The Labute approximate surface area is 177 Å². The lowest BCUT2D eigenvalue weighted by atomic mass is 10.0. The fourth-order valence-corrected chi connectivity index (χ4v) is 3.70. The van der Waals surface area contributed by atoms with Crippen LogP contribution in [0.25, 0.3) is 17.2 Å². The Morgan fingerprint density at radius 1 is 1.10 bits per heavy atom. The van der Waals surface area contributed by atoms with Gasteiger partial charge < -0.3 is 14.8 Å². The summed E-state index contributed by atoms with van der Waals surface area (Å²) in [4.78, 5) is 25.0. The molecule has 0 saturated carbocycles. The summed E-state index contributed by atoms with van der Waals surface area (Å²) in [6.07, 6.45) is 3.04. The standard InChI is InChI=1S/C23H20FNO4S/c1-3-29-23(27)21-19(16-7-9-17(24)10-8-16)14-30-22(21)25-20(26)13-6-15-4-11-18(28-2)12-5-15/h4-14H,3H2,1-2H3,(H,25,26). The van der Waals surface area contributed by atoms with Crippen LogP contribution in [0.3, 0.4) is 0 Å². The zero-order valence-electron chi connectivity index (χ0n) is 16.5. The minimum absolute atomic E-state index is 0.197. The van der Waals surface area contributed by atoms with Crippen LogP contribution in [0.1, 0.15) is 22.8 Å². The fourth-order valence-electron chi connectivity index (χ4n) is 2.74. The fraction of sp³-hybridized carbons (Fsp3) is 0.130. The second-order valence-corrected chi connectivity index (χ2v) is 7.06. The summed E-state index contributed by atoms with van der Waals surface area (Å²) in [6, 6.07) is 13.0. The van der Waals surface area contributed by atoms with Crippen LogP contribution in [-0.4, -0.2) is 25.6 Å². The monoisotopic (exact) mass is 425 g/mol. The zero-order chi connectivity index (χ0) is 21.5. The van der Waals surface area contributed by atoms with E-state index in [1.807, 2.05) is 12.1 Å². The Morgan fingerprint density at radius 2 is 1.80 bits per heavy atom. The van der Waals surface area contributed by atoms with Gasteiger partial charge in [0.25, 0.3) is 0 Å². The van der Waals surface area contributed by atoms with Crippen molar-refractivity contribution in [3.05, 3.63) is 76.9 Å². The molecular formula is C23H20FNO4S. The molecule has 1 aromatic heterocycles. The number of anilines is 1. The van der Waals surface area contributed by atoms with E-state index in [1.165, 1.54) is 29.5 Å². The van der Waals surface area contributed by atoms with Crippen LogP contribution in [-0.2, 0) is 9.53 Å². The van der Waals surface area contributed by atoms with Crippen LogP contribution in [0.2, 0.25) is 0 Å². The van der Waals surface area contributed by atoms with Crippen molar-refractivity contribution in [3.63, 3.8) is 0 Å². The third-order valence-electron chi connectivity index (χ3n) is 4.21. The van der Waals surface area contributed by atoms with E-state index in [9.17, 15) is 14.0 Å². The average Bonchev–Trinajstić information content (AvgIpc) is 3.17. The molecule has 0 spiro atoms. The van der Waals surface area contributed by atoms with E-state index >= 15 is 0 Å². The molecule has 3 aromatic rings. The molecule has 154 valence electrons. The number of esters is 1. The first-order valence-corrected chi connectivity index (χ1v) is 10.1. The molecule has 0 bridgehead atoms. The van der Waals surface area contributed by atoms with Gasteiger partial charge in [0.15, 0.2) is 0 Å². The number of rotatable bonds is 7. The number of benzene rings is 2. The molecule has 0 aliphatic rings. The summed E-state index contributed by atoms with van der Waals surface area (Å²) in [6.45, 7) is 1.90. The molecule has 7 heteroatoms. The van der Waals surface area contributed by atoms with Gasteiger partial charge in [0.05, 0.1) is 13.7 Å². The summed E-state index contributed by atoms with van der Waals surface area (Å²) in [5.74, 6) is -0.581. The summed E-state index contributed by atoms with van der Waals surface area (Å²) in [7, 11) is 1.58. The first kappa shape index (κ1) is 21.3. The van der Waals surface area contributed by atoms with E-state index < -0.39 is 5.97 Å². The van der Waals surface area contributed by atoms with Gasteiger partial charge in [-0.25, -0.2) is 9.18 Å². The van der Waals surface area contributed by atoms with Crippen LogP contribution in [0.15, 0.2) is 60.0 Å². The maximum absolute atomic E-state index is 13.3. The maximum atomic E-state index is 13.3. The molecule has 0 aliphatic carbocycles. The van der Waals surface area contributed by atoms with E-state index in [4.69, 9.17) is 9.47 Å². The summed E-state index contributed by atoms with van der Waals surface area (Å²) >= 11 is 1.21. The highest BCUT2D eigenvalue weighted by molar-refractivity contribution is 7.15. The minimum atomic E-state index is -0.549. The summed E-state index contributed by atoms with van der Waals surface area (Å²) < 4.78 is 23.5. The average molecular weight is 425 g/mol. The number of nitrogens with one attached hydrogen (secondary N) is 1. The van der Waals surface area contributed by atoms with E-state index in [2.05, 4.69) is 5.32 Å². The van der Waals surface area contributed by atoms with Crippen LogP contribution in [0, 0.1) is 5.82 Å². The molecule has 0 atom stereocenters. The Morgan fingerprint density at radius 3 is 2.43 bits per heavy atom. The van der Waals surface area contributed by atoms with Crippen molar-refractivity contribution >= 4 is 34.3 Å². The van der Waals surface area contributed by atoms with Crippen molar-refractivity contribution in [2.75, 3.05) is 19.0 Å². The molecule has 0 radical (unpaired) electrons. The van der Waals surface area contributed by atoms with E-state index in [-0.39, 0.29) is 23.9 Å². The van der Waals surface area contributed by atoms with Gasteiger partial charge >= 0.3 is 5.97 Å². The number of halogens is 1. The first-order valence-electron chi connectivity index (χ1n) is 9.19. The van der Waals surface area contributed by atoms with Crippen LogP contribution in [0.5, 0.6) is 5.75 Å². The lowest BCUT2D eigenvalue weighted by molar-refractivity contribution is -0.111. The lowest BCUT2D eigenvalue weighted by Crippen LogP contribution is -2.12. The SMILES string of the molecule is CCOC(=O)c1c(-c2ccc(F)cc2)csc1NC(=O)C=Cc1ccc(OC)cc1. The van der Waals surface area contributed by atoms with Gasteiger partial charge in [-0.15, -0.1) is 11.3 Å². The smallest absolute Gasteiger partial charge is 0.341 e. The second-order valence-electron chi connectivity index (χ2n) is 6.18. The van der Waals surface area contributed by atoms with Crippen LogP contribution >= 0.6 is 11.3 Å². The first-order chi connectivity index (χ1) is 14.5. The largest absolute Gasteiger partial charge is 0.497 e. The number of methoxy groups -OCH3 is 1. The van der Waals surface area contributed by atoms with Gasteiger partial charge in [0.2, 0.25) is 5.91 Å². The molecule has 5 nitrogen and oxygen atoms in total. The zero-order valence-corrected chi connectivity index (χ0v) is 17.3. The minimum Gasteiger partial charge on any atom is -0.497 e. The highest BCUT2D eigenvalue weighted by Gasteiger charge is 2.22. The van der Waals surface area contributed by atoms with Gasteiger partial charge in [-0.1, -0.05) is 24.3 Å². The molecule has 2 aromatic carbocycles. The quantitative estimate of drug-likeness (QED) is 0.407. The van der Waals surface area contributed by atoms with Crippen molar-refractivity contribution in [1.29, 1.82) is 0 Å². The van der Waals surface area contributed by atoms with E-state index in [0.29, 0.717) is 16.1 Å². The Hall–Kier alpha value is -3.45. The van der Waals surface area contributed by atoms with E-state index in [0.717, 1.165) is 11.3 Å².